The van der Waals surface area contributed by atoms with E-state index in [1.165, 1.54) is 11.1 Å². The van der Waals surface area contributed by atoms with Crippen LogP contribution in [0.15, 0.2) is 48.5 Å². The molecule has 3 rings (SSSR count). The van der Waals surface area contributed by atoms with E-state index in [4.69, 9.17) is 0 Å². The highest BCUT2D eigenvalue weighted by atomic mass is 16.3. The van der Waals surface area contributed by atoms with Gasteiger partial charge in [-0.3, -0.25) is 0 Å². The van der Waals surface area contributed by atoms with Crippen molar-refractivity contribution in [3.05, 3.63) is 70.9 Å². The van der Waals surface area contributed by atoms with Crippen LogP contribution >= 0.6 is 0 Å². The van der Waals surface area contributed by atoms with E-state index in [9.17, 15) is 5.11 Å². The Kier molecular flexibility index (Phi) is 4.02. The van der Waals surface area contributed by atoms with Gasteiger partial charge in [0.1, 0.15) is 5.69 Å². The van der Waals surface area contributed by atoms with Crippen molar-refractivity contribution in [2.45, 2.75) is 27.0 Å². The van der Waals surface area contributed by atoms with Crippen LogP contribution in [0.3, 0.4) is 0 Å². The third-order valence-corrected chi connectivity index (χ3v) is 3.91. The maximum absolute atomic E-state index is 9.57. The van der Waals surface area contributed by atoms with Gasteiger partial charge in [-0.05, 0) is 36.6 Å². The number of aryl methyl sites for hydroxylation is 2. The van der Waals surface area contributed by atoms with Crippen LogP contribution in [0.4, 0.5) is 0 Å². The smallest absolute Gasteiger partial charge is 0.116 e. The van der Waals surface area contributed by atoms with Crippen LogP contribution in [-0.2, 0) is 13.2 Å². The minimum atomic E-state index is -0.114. The number of nitrogens with zero attached hydrogens (tertiary/aromatic N) is 3. The van der Waals surface area contributed by atoms with Gasteiger partial charge in [0.25, 0.3) is 0 Å². The first kappa shape index (κ1) is 14.5. The van der Waals surface area contributed by atoms with Gasteiger partial charge in [0.05, 0.1) is 18.8 Å². The number of hydrogen-bond donors (Lipinski definition) is 1. The first-order valence-corrected chi connectivity index (χ1v) is 7.34. The standard InChI is InChI=1S/C18H19N3O/c1-13-8-9-16(10-14(13)2)18-17(12-22)19-20-21(18)11-15-6-4-3-5-7-15/h3-10,22H,11-12H2,1-2H3. The summed E-state index contributed by atoms with van der Waals surface area (Å²) in [5.41, 5.74) is 6.15. The maximum Gasteiger partial charge on any atom is 0.116 e. The van der Waals surface area contributed by atoms with E-state index in [0.717, 1.165) is 16.8 Å². The molecule has 4 heteroatoms. The molecule has 4 nitrogen and oxygen atoms in total. The van der Waals surface area contributed by atoms with Crippen LogP contribution < -0.4 is 0 Å². The SMILES string of the molecule is Cc1ccc(-c2c(CO)nnn2Cc2ccccc2)cc1C. The highest BCUT2D eigenvalue weighted by molar-refractivity contribution is 5.63. The Bertz CT molecular complexity index is 778. The topological polar surface area (TPSA) is 50.9 Å². The minimum absolute atomic E-state index is 0.114. The molecule has 3 aromatic rings. The van der Waals surface area contributed by atoms with Crippen LogP contribution in [0.5, 0.6) is 0 Å². The summed E-state index contributed by atoms with van der Waals surface area (Å²) >= 11 is 0. The zero-order valence-electron chi connectivity index (χ0n) is 12.8. The monoisotopic (exact) mass is 293 g/mol. The second-order valence-corrected chi connectivity index (χ2v) is 5.49. The quantitative estimate of drug-likeness (QED) is 0.804. The summed E-state index contributed by atoms with van der Waals surface area (Å²) in [7, 11) is 0. The first-order chi connectivity index (χ1) is 10.7. The number of hydrogen-bond acceptors (Lipinski definition) is 3. The molecule has 112 valence electrons. The predicted octanol–water partition coefficient (Wildman–Crippen LogP) is 3.10. The van der Waals surface area contributed by atoms with Crippen LogP contribution in [0.2, 0.25) is 0 Å². The molecule has 1 aromatic heterocycles. The van der Waals surface area contributed by atoms with E-state index < -0.39 is 0 Å². The summed E-state index contributed by atoms with van der Waals surface area (Å²) in [5.74, 6) is 0. The van der Waals surface area contributed by atoms with Crippen LogP contribution in [0, 0.1) is 13.8 Å². The fourth-order valence-corrected chi connectivity index (χ4v) is 2.53. The molecule has 0 radical (unpaired) electrons. The van der Waals surface area contributed by atoms with Crippen molar-refractivity contribution in [1.29, 1.82) is 0 Å². The van der Waals surface area contributed by atoms with Gasteiger partial charge in [0.15, 0.2) is 0 Å². The Morgan fingerprint density at radius 3 is 2.45 bits per heavy atom. The molecule has 22 heavy (non-hydrogen) atoms. The highest BCUT2D eigenvalue weighted by Gasteiger charge is 2.15. The molecule has 1 N–H and O–H groups in total. The molecule has 0 saturated heterocycles. The number of benzene rings is 2. The highest BCUT2D eigenvalue weighted by Crippen LogP contribution is 2.25. The summed E-state index contributed by atoms with van der Waals surface area (Å²) < 4.78 is 1.85. The van der Waals surface area contributed by atoms with Gasteiger partial charge in [-0.15, -0.1) is 5.10 Å². The van der Waals surface area contributed by atoms with Gasteiger partial charge < -0.3 is 5.11 Å². The number of rotatable bonds is 4. The van der Waals surface area contributed by atoms with Gasteiger partial charge in [-0.1, -0.05) is 47.7 Å². The summed E-state index contributed by atoms with van der Waals surface area (Å²) in [6.45, 7) is 4.70. The molecule has 0 aliphatic carbocycles. The zero-order valence-corrected chi connectivity index (χ0v) is 12.8. The number of aromatic nitrogens is 3. The van der Waals surface area contributed by atoms with Crippen LogP contribution in [0.25, 0.3) is 11.3 Å². The lowest BCUT2D eigenvalue weighted by molar-refractivity contribution is 0.277. The Morgan fingerprint density at radius 1 is 1.00 bits per heavy atom. The van der Waals surface area contributed by atoms with Gasteiger partial charge in [0.2, 0.25) is 0 Å². The second-order valence-electron chi connectivity index (χ2n) is 5.49. The van der Waals surface area contributed by atoms with Crippen LogP contribution in [-0.4, -0.2) is 20.1 Å². The maximum atomic E-state index is 9.57. The predicted molar refractivity (Wildman–Crippen MR) is 86.4 cm³/mol. The fourth-order valence-electron chi connectivity index (χ4n) is 2.53. The minimum Gasteiger partial charge on any atom is -0.390 e. The van der Waals surface area contributed by atoms with Crippen molar-refractivity contribution in [1.82, 2.24) is 15.0 Å². The van der Waals surface area contributed by atoms with Gasteiger partial charge >= 0.3 is 0 Å². The Balaban J connectivity index is 2.05. The third kappa shape index (κ3) is 2.78. The van der Waals surface area contributed by atoms with E-state index in [0.29, 0.717) is 12.2 Å². The van der Waals surface area contributed by atoms with Gasteiger partial charge in [-0.2, -0.15) is 0 Å². The second kappa shape index (κ2) is 6.12. The molecule has 0 aliphatic heterocycles. The van der Waals surface area contributed by atoms with E-state index in [1.54, 1.807) is 0 Å². The lowest BCUT2D eigenvalue weighted by Gasteiger charge is -2.10. The summed E-state index contributed by atoms with van der Waals surface area (Å²) in [6, 6.07) is 16.4. The average Bonchev–Trinajstić information content (AvgIpc) is 2.94. The van der Waals surface area contributed by atoms with Crippen molar-refractivity contribution in [3.8, 4) is 11.3 Å². The Morgan fingerprint density at radius 2 is 1.77 bits per heavy atom. The molecule has 0 unspecified atom stereocenters. The van der Waals surface area contributed by atoms with Gasteiger partial charge in [0, 0.05) is 5.56 Å². The molecule has 0 spiro atoms. The third-order valence-electron chi connectivity index (χ3n) is 3.91. The summed E-state index contributed by atoms with van der Waals surface area (Å²) in [6.07, 6.45) is 0. The lowest BCUT2D eigenvalue weighted by Crippen LogP contribution is -2.05. The van der Waals surface area contributed by atoms with Crippen LogP contribution in [0.1, 0.15) is 22.4 Å². The Hall–Kier alpha value is -2.46. The van der Waals surface area contributed by atoms with E-state index in [2.05, 4.69) is 54.5 Å². The van der Waals surface area contributed by atoms with Gasteiger partial charge in [-0.25, -0.2) is 4.68 Å². The summed E-state index contributed by atoms with van der Waals surface area (Å²) in [4.78, 5) is 0. The molecule has 0 atom stereocenters. The molecular formula is C18H19N3O. The largest absolute Gasteiger partial charge is 0.390 e. The molecule has 0 fully saturated rings. The molecule has 0 aliphatic rings. The summed E-state index contributed by atoms with van der Waals surface area (Å²) in [5, 5.41) is 17.9. The molecule has 0 amide bonds. The Labute approximate surface area is 130 Å². The molecular weight excluding hydrogens is 274 g/mol. The van der Waals surface area contributed by atoms with Crippen molar-refractivity contribution in [2.24, 2.45) is 0 Å². The van der Waals surface area contributed by atoms with Crippen molar-refractivity contribution >= 4 is 0 Å². The lowest BCUT2D eigenvalue weighted by atomic mass is 10.0. The van der Waals surface area contributed by atoms with Crippen molar-refractivity contribution in [2.75, 3.05) is 0 Å². The van der Waals surface area contributed by atoms with E-state index >= 15 is 0 Å². The average molecular weight is 293 g/mol. The normalized spacial score (nSPS) is 10.9. The molecule has 0 bridgehead atoms. The molecule has 0 saturated carbocycles. The first-order valence-electron chi connectivity index (χ1n) is 7.34. The fraction of sp³-hybridized carbons (Fsp3) is 0.222. The van der Waals surface area contributed by atoms with Crippen molar-refractivity contribution in [3.63, 3.8) is 0 Å². The number of aliphatic hydroxyl groups is 1. The zero-order chi connectivity index (χ0) is 15.5. The molecule has 1 heterocycles. The van der Waals surface area contributed by atoms with E-state index in [1.807, 2.05) is 22.9 Å². The van der Waals surface area contributed by atoms with E-state index in [-0.39, 0.29) is 6.61 Å². The molecule has 2 aromatic carbocycles. The number of aliphatic hydroxyl groups excluding tert-OH is 1. The van der Waals surface area contributed by atoms with Crippen molar-refractivity contribution < 1.29 is 5.11 Å².